The summed E-state index contributed by atoms with van der Waals surface area (Å²) in [7, 11) is 0. The molecule has 9 nitrogen and oxygen atoms in total. The summed E-state index contributed by atoms with van der Waals surface area (Å²) < 4.78 is 18.5. The number of pyridine rings is 1. The molecular formula is C21H22N4O5. The highest BCUT2D eigenvalue weighted by Crippen LogP contribution is 2.26. The minimum atomic E-state index is -0.536. The van der Waals surface area contributed by atoms with Gasteiger partial charge in [0.05, 0.1) is 24.9 Å². The molecule has 0 radical (unpaired) electrons. The van der Waals surface area contributed by atoms with Crippen molar-refractivity contribution in [2.24, 2.45) is 5.73 Å². The fourth-order valence-corrected chi connectivity index (χ4v) is 3.18. The van der Waals surface area contributed by atoms with Gasteiger partial charge in [0.1, 0.15) is 24.4 Å². The van der Waals surface area contributed by atoms with Gasteiger partial charge in [-0.25, -0.2) is 4.98 Å². The molecule has 1 aliphatic rings. The Hall–Kier alpha value is -3.59. The maximum Gasteiger partial charge on any atom is 0.248 e. The second-order valence-electron chi connectivity index (χ2n) is 6.84. The Kier molecular flexibility index (Phi) is 5.80. The first-order valence-corrected chi connectivity index (χ1v) is 9.62. The van der Waals surface area contributed by atoms with Crippen LogP contribution in [0, 0.1) is 0 Å². The fourth-order valence-electron chi connectivity index (χ4n) is 3.18. The summed E-state index contributed by atoms with van der Waals surface area (Å²) in [6.07, 6.45) is 3.97. The molecule has 0 bridgehead atoms. The first-order valence-electron chi connectivity index (χ1n) is 9.62. The number of imidazole rings is 1. The van der Waals surface area contributed by atoms with Crippen LogP contribution in [0.25, 0.3) is 5.52 Å². The number of nitrogens with two attached hydrogens (primary N) is 1. The molecule has 2 N–H and O–H groups in total. The van der Waals surface area contributed by atoms with Gasteiger partial charge in [-0.2, -0.15) is 0 Å². The van der Waals surface area contributed by atoms with E-state index in [2.05, 4.69) is 4.98 Å². The lowest BCUT2D eigenvalue weighted by Gasteiger charge is -2.26. The smallest absolute Gasteiger partial charge is 0.248 e. The Morgan fingerprint density at radius 2 is 2.00 bits per heavy atom. The topological polar surface area (TPSA) is 108 Å². The molecule has 3 heterocycles. The van der Waals surface area contributed by atoms with E-state index in [1.165, 1.54) is 0 Å². The SMILES string of the molecule is NC(=O)c1cc(Oc2ccc(OCCCN3CCOCC3=O)cc2)n2cncc2c1. The van der Waals surface area contributed by atoms with E-state index in [9.17, 15) is 9.59 Å². The van der Waals surface area contributed by atoms with Crippen molar-refractivity contribution in [2.75, 3.05) is 32.9 Å². The number of primary amides is 1. The van der Waals surface area contributed by atoms with Crippen LogP contribution in [0.2, 0.25) is 0 Å². The molecule has 156 valence electrons. The first-order chi connectivity index (χ1) is 14.6. The number of hydrogen-bond donors (Lipinski definition) is 1. The standard InChI is InChI=1S/C21H22N4O5/c22-21(27)15-10-16-12-23-14-25(16)20(11-15)30-18-4-2-17(3-5-18)29-8-1-6-24-7-9-28-13-19(24)26/h2-5,10-12,14H,1,6-9,13H2,(H2,22,27). The second kappa shape index (κ2) is 8.83. The summed E-state index contributed by atoms with van der Waals surface area (Å²) >= 11 is 0. The van der Waals surface area contributed by atoms with E-state index < -0.39 is 5.91 Å². The van der Waals surface area contributed by atoms with E-state index >= 15 is 0 Å². The van der Waals surface area contributed by atoms with Crippen molar-refractivity contribution >= 4 is 17.3 Å². The van der Waals surface area contributed by atoms with E-state index in [-0.39, 0.29) is 12.5 Å². The number of hydrogen-bond acceptors (Lipinski definition) is 6. The van der Waals surface area contributed by atoms with Gasteiger partial charge in [0.25, 0.3) is 0 Å². The van der Waals surface area contributed by atoms with Crippen LogP contribution >= 0.6 is 0 Å². The van der Waals surface area contributed by atoms with Crippen LogP contribution in [0.4, 0.5) is 0 Å². The zero-order chi connectivity index (χ0) is 20.9. The number of rotatable bonds is 8. The third-order valence-corrected chi connectivity index (χ3v) is 4.74. The Balaban J connectivity index is 1.34. The van der Waals surface area contributed by atoms with Crippen LogP contribution < -0.4 is 15.2 Å². The van der Waals surface area contributed by atoms with Gasteiger partial charge in [0.2, 0.25) is 17.7 Å². The van der Waals surface area contributed by atoms with Gasteiger partial charge >= 0.3 is 0 Å². The van der Waals surface area contributed by atoms with E-state index in [0.717, 1.165) is 6.42 Å². The van der Waals surface area contributed by atoms with Gasteiger partial charge in [0, 0.05) is 24.7 Å². The molecule has 1 fully saturated rings. The van der Waals surface area contributed by atoms with Gasteiger partial charge in [0.15, 0.2) is 0 Å². The van der Waals surface area contributed by atoms with Crippen LogP contribution in [0.5, 0.6) is 17.4 Å². The number of benzene rings is 1. The van der Waals surface area contributed by atoms with Gasteiger partial charge in [-0.05, 0) is 36.8 Å². The van der Waals surface area contributed by atoms with Crippen LogP contribution in [-0.4, -0.2) is 59.0 Å². The fraction of sp³-hybridized carbons (Fsp3) is 0.286. The summed E-state index contributed by atoms with van der Waals surface area (Å²) in [6.45, 7) is 2.53. The lowest BCUT2D eigenvalue weighted by molar-refractivity contribution is -0.142. The zero-order valence-corrected chi connectivity index (χ0v) is 16.3. The van der Waals surface area contributed by atoms with Crippen LogP contribution in [0.3, 0.4) is 0 Å². The minimum absolute atomic E-state index is 0.0233. The summed E-state index contributed by atoms with van der Waals surface area (Å²) in [6, 6.07) is 10.4. The summed E-state index contributed by atoms with van der Waals surface area (Å²) in [4.78, 5) is 29.1. The lowest BCUT2D eigenvalue weighted by atomic mass is 10.2. The predicted octanol–water partition coefficient (Wildman–Crippen LogP) is 1.85. The molecule has 0 spiro atoms. The zero-order valence-electron chi connectivity index (χ0n) is 16.3. The molecule has 3 aromatic rings. The number of amides is 2. The largest absolute Gasteiger partial charge is 0.494 e. The molecular weight excluding hydrogens is 388 g/mol. The monoisotopic (exact) mass is 410 g/mol. The number of ether oxygens (including phenoxy) is 3. The predicted molar refractivity (Wildman–Crippen MR) is 108 cm³/mol. The number of nitrogens with zero attached hydrogens (tertiary/aromatic N) is 3. The quantitative estimate of drug-likeness (QED) is 0.568. The van der Waals surface area contributed by atoms with Crippen LogP contribution in [-0.2, 0) is 9.53 Å². The molecule has 2 amide bonds. The molecule has 0 saturated carbocycles. The average Bonchev–Trinajstić information content (AvgIpc) is 3.22. The van der Waals surface area contributed by atoms with Crippen molar-refractivity contribution in [1.82, 2.24) is 14.3 Å². The number of fused-ring (bicyclic) bond motifs is 1. The molecule has 0 aliphatic carbocycles. The molecule has 1 aliphatic heterocycles. The van der Waals surface area contributed by atoms with Crippen molar-refractivity contribution in [3.63, 3.8) is 0 Å². The molecule has 30 heavy (non-hydrogen) atoms. The number of morpholine rings is 1. The van der Waals surface area contributed by atoms with E-state index in [4.69, 9.17) is 19.9 Å². The second-order valence-corrected chi connectivity index (χ2v) is 6.84. The van der Waals surface area contributed by atoms with Crippen molar-refractivity contribution in [2.45, 2.75) is 6.42 Å². The summed E-state index contributed by atoms with van der Waals surface area (Å²) in [5, 5.41) is 0. The van der Waals surface area contributed by atoms with Gasteiger partial charge < -0.3 is 24.8 Å². The minimum Gasteiger partial charge on any atom is -0.494 e. The summed E-state index contributed by atoms with van der Waals surface area (Å²) in [5.74, 6) is 1.20. The highest BCUT2D eigenvalue weighted by atomic mass is 16.5. The first kappa shape index (κ1) is 19.7. The maximum absolute atomic E-state index is 11.7. The number of carbonyl (C=O) groups excluding carboxylic acids is 2. The molecule has 9 heteroatoms. The van der Waals surface area contributed by atoms with Crippen LogP contribution in [0.15, 0.2) is 48.9 Å². The van der Waals surface area contributed by atoms with E-state index in [0.29, 0.717) is 54.8 Å². The van der Waals surface area contributed by atoms with Gasteiger partial charge in [-0.1, -0.05) is 0 Å². The van der Waals surface area contributed by atoms with Crippen molar-refractivity contribution in [3.8, 4) is 17.4 Å². The number of carbonyl (C=O) groups is 2. The van der Waals surface area contributed by atoms with Crippen LogP contribution in [0.1, 0.15) is 16.8 Å². The molecule has 4 rings (SSSR count). The van der Waals surface area contributed by atoms with Crippen molar-refractivity contribution in [3.05, 3.63) is 54.5 Å². The number of aromatic nitrogens is 2. The molecule has 1 saturated heterocycles. The molecule has 2 aromatic heterocycles. The lowest BCUT2D eigenvalue weighted by Crippen LogP contribution is -2.42. The Bertz CT molecular complexity index is 1050. The normalized spacial score (nSPS) is 14.1. The molecule has 0 atom stereocenters. The Labute approximate surface area is 173 Å². The van der Waals surface area contributed by atoms with E-state index in [1.807, 2.05) is 0 Å². The Morgan fingerprint density at radius 3 is 2.77 bits per heavy atom. The third-order valence-electron chi connectivity index (χ3n) is 4.74. The average molecular weight is 410 g/mol. The van der Waals surface area contributed by atoms with Gasteiger partial charge in [-0.15, -0.1) is 0 Å². The third kappa shape index (κ3) is 4.52. The Morgan fingerprint density at radius 1 is 1.20 bits per heavy atom. The molecule has 1 aromatic carbocycles. The van der Waals surface area contributed by atoms with Crippen molar-refractivity contribution in [1.29, 1.82) is 0 Å². The summed E-state index contributed by atoms with van der Waals surface area (Å²) in [5.41, 5.74) is 6.45. The maximum atomic E-state index is 11.7. The highest BCUT2D eigenvalue weighted by Gasteiger charge is 2.17. The highest BCUT2D eigenvalue weighted by molar-refractivity contribution is 5.94. The molecule has 0 unspecified atom stereocenters. The van der Waals surface area contributed by atoms with Crippen molar-refractivity contribution < 1.29 is 23.8 Å². The van der Waals surface area contributed by atoms with Gasteiger partial charge in [-0.3, -0.25) is 14.0 Å². The van der Waals surface area contributed by atoms with E-state index in [1.54, 1.807) is 58.2 Å².